The molecule has 2 aromatic carbocycles. The molecule has 5 atom stereocenters. The van der Waals surface area contributed by atoms with Gasteiger partial charge < -0.3 is 15.0 Å². The zero-order valence-corrected chi connectivity index (χ0v) is 21.2. The van der Waals surface area contributed by atoms with Gasteiger partial charge >= 0.3 is 4.87 Å². The number of amides is 1. The van der Waals surface area contributed by atoms with Crippen molar-refractivity contribution >= 4 is 57.9 Å². The van der Waals surface area contributed by atoms with Gasteiger partial charge in [-0.3, -0.25) is 9.59 Å². The Morgan fingerprint density at radius 2 is 1.94 bits per heavy atom. The Kier molecular flexibility index (Phi) is 5.92. The maximum absolute atomic E-state index is 12.6. The van der Waals surface area contributed by atoms with Gasteiger partial charge in [-0.1, -0.05) is 52.7 Å². The topological polar surface area (TPSA) is 71.2 Å². The highest BCUT2D eigenvalue weighted by molar-refractivity contribution is 8.00. The first-order chi connectivity index (χ1) is 16.5. The lowest BCUT2D eigenvalue weighted by molar-refractivity contribution is -0.118. The number of rotatable bonds is 5. The number of anilines is 1. The minimum Gasteiger partial charge on any atom is -0.483 e. The van der Waals surface area contributed by atoms with Gasteiger partial charge in [-0.2, -0.15) is 0 Å². The zero-order chi connectivity index (χ0) is 23.4. The number of hydrogen-bond donors (Lipinski definition) is 2. The molecule has 0 spiro atoms. The van der Waals surface area contributed by atoms with Crippen molar-refractivity contribution in [1.82, 2.24) is 4.98 Å². The fourth-order valence-corrected chi connectivity index (χ4v) is 9.16. The number of hydrogen-bond acceptors (Lipinski definition) is 5. The fourth-order valence-electron chi connectivity index (χ4n) is 5.98. The van der Waals surface area contributed by atoms with Gasteiger partial charge in [0.1, 0.15) is 5.75 Å². The molecule has 1 aromatic heterocycles. The van der Waals surface area contributed by atoms with Crippen LogP contribution in [0.2, 0.25) is 10.0 Å². The zero-order valence-electron chi connectivity index (χ0n) is 18.1. The number of benzene rings is 2. The molecule has 0 radical (unpaired) electrons. The third-order valence-electron chi connectivity index (χ3n) is 7.28. The largest absolute Gasteiger partial charge is 0.483 e. The number of nitrogens with one attached hydrogen (secondary N) is 2. The summed E-state index contributed by atoms with van der Waals surface area (Å²) in [4.78, 5) is 29.1. The van der Waals surface area contributed by atoms with E-state index in [1.807, 2.05) is 30.0 Å². The van der Waals surface area contributed by atoms with E-state index in [4.69, 9.17) is 27.9 Å². The van der Waals surface area contributed by atoms with Crippen LogP contribution in [0.15, 0.2) is 52.3 Å². The maximum Gasteiger partial charge on any atom is 0.305 e. The maximum atomic E-state index is 12.6. The number of para-hydroxylation sites is 1. The standard InChI is InChI=1S/C25H22Cl2N2O3S2/c26-16-8-7-14(10-17(16)27)28-19(30)11-32-18-4-2-1-3-15(18)21-20-12-5-6-13(9-12)22(20)33-24-23(21)34-25(31)29-24/h1-4,7-8,10,12-13,20-22H,5-6,9,11H2,(H,28,30)(H,29,31)/t12?,13?,20?,21-,22?/m1/s1. The molecule has 2 N–H and O–H groups in total. The lowest BCUT2D eigenvalue weighted by Crippen LogP contribution is -2.34. The van der Waals surface area contributed by atoms with E-state index in [9.17, 15) is 9.59 Å². The summed E-state index contributed by atoms with van der Waals surface area (Å²) in [6.45, 7) is -0.130. The van der Waals surface area contributed by atoms with E-state index in [1.165, 1.54) is 30.6 Å². The first-order valence-electron chi connectivity index (χ1n) is 11.3. The first-order valence-corrected chi connectivity index (χ1v) is 13.8. The molecule has 2 bridgehead atoms. The van der Waals surface area contributed by atoms with Gasteiger partial charge in [-0.15, -0.1) is 11.8 Å². The van der Waals surface area contributed by atoms with Crippen LogP contribution in [0.4, 0.5) is 5.69 Å². The molecule has 176 valence electrons. The summed E-state index contributed by atoms with van der Waals surface area (Å²) in [5, 5.41) is 5.15. The highest BCUT2D eigenvalue weighted by Crippen LogP contribution is 2.64. The Bertz CT molecular complexity index is 1320. The predicted molar refractivity (Wildman–Crippen MR) is 138 cm³/mol. The summed E-state index contributed by atoms with van der Waals surface area (Å²) in [5.41, 5.74) is 1.62. The number of halogens is 2. The van der Waals surface area contributed by atoms with E-state index >= 15 is 0 Å². The van der Waals surface area contributed by atoms with Gasteiger partial charge in [0, 0.05) is 27.3 Å². The third kappa shape index (κ3) is 3.96. The van der Waals surface area contributed by atoms with Gasteiger partial charge in [0.15, 0.2) is 6.61 Å². The van der Waals surface area contributed by atoms with E-state index in [-0.39, 0.29) is 23.3 Å². The van der Waals surface area contributed by atoms with E-state index < -0.39 is 0 Å². The van der Waals surface area contributed by atoms with Gasteiger partial charge in [0.25, 0.3) is 5.91 Å². The molecule has 2 saturated carbocycles. The summed E-state index contributed by atoms with van der Waals surface area (Å²) in [6.07, 6.45) is 3.81. The van der Waals surface area contributed by atoms with Crippen molar-refractivity contribution in [1.29, 1.82) is 0 Å². The second kappa shape index (κ2) is 8.94. The predicted octanol–water partition coefficient (Wildman–Crippen LogP) is 6.41. The molecule has 4 unspecified atom stereocenters. The summed E-state index contributed by atoms with van der Waals surface area (Å²) < 4.78 is 6.07. The van der Waals surface area contributed by atoms with E-state index in [0.29, 0.717) is 44.5 Å². The molecule has 3 aromatic rings. The molecule has 2 fully saturated rings. The van der Waals surface area contributed by atoms with Crippen LogP contribution in [-0.2, 0) is 4.79 Å². The Morgan fingerprint density at radius 3 is 2.79 bits per heavy atom. The quantitative estimate of drug-likeness (QED) is 0.398. The Hall–Kier alpha value is -1.93. The second-order valence-electron chi connectivity index (χ2n) is 9.18. The average Bonchev–Trinajstić information content (AvgIpc) is 3.53. The van der Waals surface area contributed by atoms with Crippen molar-refractivity contribution in [2.45, 2.75) is 35.5 Å². The van der Waals surface area contributed by atoms with Crippen LogP contribution in [0.25, 0.3) is 0 Å². The van der Waals surface area contributed by atoms with E-state index in [0.717, 1.165) is 15.5 Å². The van der Waals surface area contributed by atoms with Crippen LogP contribution in [0.5, 0.6) is 5.75 Å². The number of thiazole rings is 1. The number of aromatic nitrogens is 1. The Morgan fingerprint density at radius 1 is 1.12 bits per heavy atom. The molecule has 9 heteroatoms. The van der Waals surface area contributed by atoms with Crippen molar-refractivity contribution in [2.24, 2.45) is 17.8 Å². The van der Waals surface area contributed by atoms with Crippen molar-refractivity contribution in [3.8, 4) is 5.75 Å². The highest BCUT2D eigenvalue weighted by atomic mass is 35.5. The van der Waals surface area contributed by atoms with Crippen molar-refractivity contribution < 1.29 is 9.53 Å². The normalized spacial score (nSPS) is 26.7. The van der Waals surface area contributed by atoms with Crippen molar-refractivity contribution in [3.05, 3.63) is 72.6 Å². The lowest BCUT2D eigenvalue weighted by atomic mass is 9.74. The summed E-state index contributed by atoms with van der Waals surface area (Å²) in [7, 11) is 0. The van der Waals surface area contributed by atoms with Gasteiger partial charge in [-0.05, 0) is 61.3 Å². The first kappa shape index (κ1) is 22.5. The van der Waals surface area contributed by atoms with Crippen LogP contribution in [0.1, 0.15) is 35.6 Å². The molecular formula is C25H22Cl2N2O3S2. The van der Waals surface area contributed by atoms with Crippen LogP contribution < -0.4 is 14.9 Å². The van der Waals surface area contributed by atoms with Crippen LogP contribution in [0.3, 0.4) is 0 Å². The Labute approximate surface area is 215 Å². The average molecular weight is 534 g/mol. The number of carbonyl (C=O) groups is 1. The van der Waals surface area contributed by atoms with Crippen LogP contribution >= 0.6 is 46.3 Å². The number of thioether (sulfide) groups is 1. The van der Waals surface area contributed by atoms with Crippen LogP contribution in [-0.4, -0.2) is 22.7 Å². The molecule has 3 aliphatic rings. The molecule has 1 aliphatic heterocycles. The number of carbonyl (C=O) groups excluding carboxylic acids is 1. The molecule has 6 rings (SSSR count). The molecule has 34 heavy (non-hydrogen) atoms. The minimum atomic E-state index is -0.280. The summed E-state index contributed by atoms with van der Waals surface area (Å²) >= 11 is 15.2. The number of fused-ring (bicyclic) bond motifs is 6. The second-order valence-corrected chi connectivity index (χ2v) is 12.2. The lowest BCUT2D eigenvalue weighted by Gasteiger charge is -2.40. The summed E-state index contributed by atoms with van der Waals surface area (Å²) in [5.74, 6) is 2.38. The fraction of sp³-hybridized carbons (Fsp3) is 0.360. The Balaban J connectivity index is 1.27. The number of H-pyrrole nitrogens is 1. The van der Waals surface area contributed by atoms with Crippen molar-refractivity contribution in [3.63, 3.8) is 0 Å². The molecule has 5 nitrogen and oxygen atoms in total. The van der Waals surface area contributed by atoms with E-state index in [1.54, 1.807) is 18.2 Å². The van der Waals surface area contributed by atoms with Gasteiger partial charge in [0.2, 0.25) is 0 Å². The molecular weight excluding hydrogens is 511 g/mol. The molecule has 2 heterocycles. The smallest absolute Gasteiger partial charge is 0.305 e. The molecule has 0 saturated heterocycles. The highest BCUT2D eigenvalue weighted by Gasteiger charge is 2.55. The monoisotopic (exact) mass is 532 g/mol. The summed E-state index contributed by atoms with van der Waals surface area (Å²) in [6, 6.07) is 12.9. The van der Waals surface area contributed by atoms with Gasteiger partial charge in [-0.25, -0.2) is 0 Å². The van der Waals surface area contributed by atoms with E-state index in [2.05, 4.69) is 16.4 Å². The molecule has 2 aliphatic carbocycles. The molecule has 1 amide bonds. The van der Waals surface area contributed by atoms with Gasteiger partial charge in [0.05, 0.1) is 15.1 Å². The van der Waals surface area contributed by atoms with Crippen molar-refractivity contribution in [2.75, 3.05) is 11.9 Å². The number of aromatic amines is 1. The number of ether oxygens (including phenoxy) is 1. The third-order valence-corrected chi connectivity index (χ3v) is 10.6. The minimum absolute atomic E-state index is 0.00535. The SMILES string of the molecule is O=C(COc1ccccc1[C@H]1c2sc(=O)[nH]c2SC2C3CCC(C3)C21)Nc1ccc(Cl)c(Cl)c1. The van der Waals surface area contributed by atoms with Crippen LogP contribution in [0, 0.1) is 17.8 Å².